The van der Waals surface area contributed by atoms with Crippen molar-refractivity contribution >= 4 is 87.7 Å². The van der Waals surface area contributed by atoms with Gasteiger partial charge in [0.1, 0.15) is 30.2 Å². The SMILES string of the molecule is CN1CC[C@H]2CC[C@@H](C(=O)N[C@@H](CCC(N)=O)C(=O)N[C@H](C(=O)N3CCC(CCC#Cc4cccc5c4CN(C4CCC(=O)NC4=O)C5=O)CC3)C3CCCCC3)N2C(=O)[C@@H](NC(=O)c2cc3cc(C(=O)P(=O)(O)O)ccc3s2)C1. The summed E-state index contributed by atoms with van der Waals surface area (Å²) in [5, 5.41) is 11.4. The molecule has 0 spiro atoms. The molecule has 5 fully saturated rings. The lowest BCUT2D eigenvalue weighted by Crippen LogP contribution is -2.62. The number of nitrogens with two attached hydrogens (primary N) is 1. The second kappa shape index (κ2) is 24.9. The van der Waals surface area contributed by atoms with Crippen LogP contribution in [0.25, 0.3) is 10.1 Å². The highest BCUT2D eigenvalue weighted by Crippen LogP contribution is 2.40. The number of piperidine rings is 2. The van der Waals surface area contributed by atoms with E-state index in [9.17, 15) is 62.3 Å². The Morgan fingerprint density at radius 2 is 1.66 bits per heavy atom. The number of thiophene rings is 1. The lowest BCUT2D eigenvalue weighted by atomic mass is 9.82. The molecule has 426 valence electrons. The minimum Gasteiger partial charge on any atom is -0.370 e. The molecule has 24 heteroatoms. The molecule has 22 nitrogen and oxygen atoms in total. The van der Waals surface area contributed by atoms with E-state index in [1.165, 1.54) is 34.1 Å². The van der Waals surface area contributed by atoms with Crippen LogP contribution in [0.2, 0.25) is 0 Å². The number of carbonyl (C=O) groups excluding carboxylic acids is 10. The molecule has 6 aliphatic rings. The van der Waals surface area contributed by atoms with Crippen molar-refractivity contribution in [3.63, 3.8) is 0 Å². The Kier molecular flexibility index (Phi) is 18.0. The van der Waals surface area contributed by atoms with Crippen molar-refractivity contribution in [2.75, 3.05) is 33.2 Å². The molecule has 9 amide bonds. The second-order valence-electron chi connectivity index (χ2n) is 22.1. The molecule has 1 aromatic heterocycles. The van der Waals surface area contributed by atoms with Crippen LogP contribution >= 0.6 is 18.9 Å². The van der Waals surface area contributed by atoms with Crippen molar-refractivity contribution in [1.29, 1.82) is 0 Å². The molecule has 9 rings (SSSR count). The minimum atomic E-state index is -5.05. The number of primary amides is 1. The lowest BCUT2D eigenvalue weighted by molar-refractivity contribution is -0.144. The molecule has 8 N–H and O–H groups in total. The zero-order valence-corrected chi connectivity index (χ0v) is 46.3. The molecule has 4 saturated heterocycles. The highest BCUT2D eigenvalue weighted by molar-refractivity contribution is 7.70. The first-order chi connectivity index (χ1) is 38.2. The fourth-order valence-electron chi connectivity index (χ4n) is 12.3. The van der Waals surface area contributed by atoms with Gasteiger partial charge in [0.25, 0.3) is 17.3 Å². The Hall–Kier alpha value is -6.83. The fourth-order valence-corrected chi connectivity index (χ4v) is 13.7. The maximum Gasteiger partial charge on any atom is 0.396 e. The maximum atomic E-state index is 14.6. The number of rotatable bonds is 16. The maximum absolute atomic E-state index is 14.6. The van der Waals surface area contributed by atoms with Crippen LogP contribution in [0.5, 0.6) is 0 Å². The van der Waals surface area contributed by atoms with E-state index in [2.05, 4.69) is 33.1 Å². The smallest absolute Gasteiger partial charge is 0.370 e. The molecule has 6 heterocycles. The van der Waals surface area contributed by atoms with Crippen molar-refractivity contribution < 1.29 is 62.3 Å². The molecule has 0 radical (unpaired) electrons. The Morgan fingerprint density at radius 1 is 0.900 bits per heavy atom. The summed E-state index contributed by atoms with van der Waals surface area (Å²) in [4.78, 5) is 160. The Balaban J connectivity index is 0.823. The normalized spacial score (nSPS) is 23.0. The van der Waals surface area contributed by atoms with Gasteiger partial charge < -0.3 is 51.1 Å². The first-order valence-electron chi connectivity index (χ1n) is 27.6. The average Bonchev–Trinajstić information content (AvgIpc) is 4.26. The number of benzene rings is 2. The van der Waals surface area contributed by atoms with Gasteiger partial charge in [0.05, 0.1) is 4.88 Å². The molecule has 1 saturated carbocycles. The summed E-state index contributed by atoms with van der Waals surface area (Å²) in [7, 11) is -3.23. The number of hydrogen-bond acceptors (Lipinski definition) is 13. The van der Waals surface area contributed by atoms with Crippen molar-refractivity contribution in [3.05, 3.63) is 69.6 Å². The van der Waals surface area contributed by atoms with Crippen molar-refractivity contribution in [1.82, 2.24) is 40.9 Å². The zero-order chi connectivity index (χ0) is 57.0. The van der Waals surface area contributed by atoms with Gasteiger partial charge in [-0.15, -0.1) is 11.3 Å². The van der Waals surface area contributed by atoms with Gasteiger partial charge in [0.2, 0.25) is 41.4 Å². The van der Waals surface area contributed by atoms with E-state index in [0.29, 0.717) is 60.1 Å². The van der Waals surface area contributed by atoms with Crippen LogP contribution in [0.4, 0.5) is 0 Å². The van der Waals surface area contributed by atoms with E-state index in [0.717, 1.165) is 68.3 Å². The number of fused-ring (bicyclic) bond motifs is 3. The predicted molar refractivity (Wildman–Crippen MR) is 292 cm³/mol. The van der Waals surface area contributed by atoms with E-state index >= 15 is 0 Å². The topological polar surface area (TPSA) is 315 Å². The second-order valence-corrected chi connectivity index (χ2v) is 24.7. The number of hydrogen-bond donors (Lipinski definition) is 7. The summed E-state index contributed by atoms with van der Waals surface area (Å²) >= 11 is 1.07. The standard InChI is InChI=1S/C56H68N9O13PS/c1-62-25-24-37-15-17-43(65(37)54(73)41(31-62)59-52(71)45-29-36-28-35(14-19-44(36)80-45)56(75)79(76,77)78)51(70)58-40(16-20-46(57)66)49(68)61-48(34-10-3-2-4-11-34)55(74)63-26-22-32(23-27-63)8-5-6-9-33-12-7-13-38-39(33)30-64(53(38)72)42-18-21-47(67)60-50(42)69/h7,12-14,19,28-29,32,34,37,40-43,48H,2-5,8,10-11,15-18,20-27,30-31H2,1H3,(H2,57,66)(H,58,70)(H,59,71)(H,61,68)(H,60,67,69)(H2,76,77,78)/t37-,40+,41+,42?,43+,48+/m1/s1. The van der Waals surface area contributed by atoms with Crippen LogP contribution in [0, 0.1) is 23.7 Å². The summed E-state index contributed by atoms with van der Waals surface area (Å²) in [6, 6.07) is 5.49. The first-order valence-corrected chi connectivity index (χ1v) is 30.1. The van der Waals surface area contributed by atoms with Gasteiger partial charge in [-0.2, -0.15) is 0 Å². The molecule has 5 aliphatic heterocycles. The van der Waals surface area contributed by atoms with Gasteiger partial charge >= 0.3 is 7.60 Å². The first kappa shape index (κ1) is 57.8. The van der Waals surface area contributed by atoms with Crippen LogP contribution in [-0.2, 0) is 44.7 Å². The average molecular weight is 1140 g/mol. The molecule has 80 heavy (non-hydrogen) atoms. The molecular weight excluding hydrogens is 1070 g/mol. The number of nitrogens with zero attached hydrogens (tertiary/aromatic N) is 4. The molecule has 1 unspecified atom stereocenters. The van der Waals surface area contributed by atoms with E-state index in [4.69, 9.17) is 5.73 Å². The monoisotopic (exact) mass is 1140 g/mol. The van der Waals surface area contributed by atoms with Gasteiger partial charge in [-0.3, -0.25) is 57.8 Å². The molecule has 0 bridgehead atoms. The van der Waals surface area contributed by atoms with Crippen LogP contribution < -0.4 is 27.0 Å². The molecular formula is C56H68N9O13PS. The number of likely N-dealkylation sites (tertiary alicyclic amines) is 1. The predicted octanol–water partition coefficient (Wildman–Crippen LogP) is 2.66. The summed E-state index contributed by atoms with van der Waals surface area (Å²) in [5.41, 5.74) is 5.99. The fraction of sp³-hybridized carbons (Fsp3) is 0.536. The largest absolute Gasteiger partial charge is 0.396 e. The van der Waals surface area contributed by atoms with E-state index < -0.39 is 78.8 Å². The molecule has 2 aromatic carbocycles. The summed E-state index contributed by atoms with van der Waals surface area (Å²) in [5.74, 6) is 2.29. The summed E-state index contributed by atoms with van der Waals surface area (Å²) in [6.07, 6.45) is 8.34. The Labute approximate surface area is 466 Å². The third-order valence-corrected chi connectivity index (χ3v) is 18.6. The van der Waals surface area contributed by atoms with Crippen molar-refractivity contribution in [3.8, 4) is 11.8 Å². The van der Waals surface area contributed by atoms with E-state index in [-0.39, 0.29) is 91.2 Å². The van der Waals surface area contributed by atoms with E-state index in [1.807, 2.05) is 18.0 Å². The van der Waals surface area contributed by atoms with Crippen LogP contribution in [0.1, 0.15) is 144 Å². The highest BCUT2D eigenvalue weighted by atomic mass is 32.1. The lowest BCUT2D eigenvalue weighted by Gasteiger charge is -2.38. The highest BCUT2D eigenvalue weighted by Gasteiger charge is 2.46. The molecule has 3 aromatic rings. The van der Waals surface area contributed by atoms with Crippen LogP contribution in [0.15, 0.2) is 42.5 Å². The zero-order valence-electron chi connectivity index (χ0n) is 44.6. The van der Waals surface area contributed by atoms with Gasteiger partial charge in [-0.25, -0.2) is 0 Å². The van der Waals surface area contributed by atoms with Gasteiger partial charge in [0, 0.05) is 72.9 Å². The van der Waals surface area contributed by atoms with Crippen molar-refractivity contribution in [2.45, 2.75) is 146 Å². The van der Waals surface area contributed by atoms with Crippen LogP contribution in [-0.4, -0.2) is 158 Å². The van der Waals surface area contributed by atoms with Gasteiger partial charge in [0.15, 0.2) is 0 Å². The Bertz CT molecular complexity index is 3100. The minimum absolute atomic E-state index is 0.110. The number of nitrogens with one attached hydrogen (secondary N) is 4. The molecule has 6 atom stereocenters. The summed E-state index contributed by atoms with van der Waals surface area (Å²) < 4.78 is 12.2. The van der Waals surface area contributed by atoms with Crippen LogP contribution in [0.3, 0.4) is 0 Å². The number of carbonyl (C=O) groups is 10. The third kappa shape index (κ3) is 13.2. The van der Waals surface area contributed by atoms with E-state index in [1.54, 1.807) is 17.0 Å². The molecule has 1 aliphatic carbocycles. The van der Waals surface area contributed by atoms with Gasteiger partial charge in [-0.05, 0) is 137 Å². The van der Waals surface area contributed by atoms with Gasteiger partial charge in [-0.1, -0.05) is 37.2 Å². The van der Waals surface area contributed by atoms with Crippen molar-refractivity contribution in [2.24, 2.45) is 17.6 Å². The quantitative estimate of drug-likeness (QED) is 0.0617. The number of amides is 9. The number of imide groups is 1. The Morgan fingerprint density at radius 3 is 2.39 bits per heavy atom. The summed E-state index contributed by atoms with van der Waals surface area (Å²) in [6.45, 7) is 1.83. The third-order valence-electron chi connectivity index (χ3n) is 16.7. The number of likely N-dealkylation sites (N-methyl/N-ethyl adjacent to an activating group) is 1.